The van der Waals surface area contributed by atoms with Gasteiger partial charge in [0.2, 0.25) is 0 Å². The van der Waals surface area contributed by atoms with Gasteiger partial charge in [-0.05, 0) is 43.2 Å². The van der Waals surface area contributed by atoms with Crippen LogP contribution in [0.1, 0.15) is 32.3 Å². The van der Waals surface area contributed by atoms with E-state index in [0.29, 0.717) is 30.3 Å². The number of halogens is 1. The van der Waals surface area contributed by atoms with Gasteiger partial charge in [0.05, 0.1) is 18.9 Å². The van der Waals surface area contributed by atoms with Gasteiger partial charge in [-0.1, -0.05) is 26.0 Å². The van der Waals surface area contributed by atoms with E-state index in [4.69, 9.17) is 9.47 Å². The highest BCUT2D eigenvalue weighted by Gasteiger charge is 2.14. The summed E-state index contributed by atoms with van der Waals surface area (Å²) in [6.07, 6.45) is 3.11. The van der Waals surface area contributed by atoms with Gasteiger partial charge >= 0.3 is 0 Å². The number of ether oxygens (including phenoxy) is 2. The maximum absolute atomic E-state index is 13.7. The quantitative estimate of drug-likeness (QED) is 0.492. The van der Waals surface area contributed by atoms with Gasteiger partial charge in [-0.25, -0.2) is 4.39 Å². The summed E-state index contributed by atoms with van der Waals surface area (Å²) in [6.45, 7) is 5.06. The third-order valence-electron chi connectivity index (χ3n) is 3.71. The predicted molar refractivity (Wildman–Crippen MR) is 107 cm³/mol. The Morgan fingerprint density at radius 3 is 2.54 bits per heavy atom. The van der Waals surface area contributed by atoms with Crippen molar-refractivity contribution in [1.82, 2.24) is 0 Å². The van der Waals surface area contributed by atoms with Crippen molar-refractivity contribution in [2.45, 2.75) is 26.7 Å². The van der Waals surface area contributed by atoms with Crippen LogP contribution < -0.4 is 14.8 Å². The van der Waals surface area contributed by atoms with Gasteiger partial charge in [0.15, 0.2) is 0 Å². The molecule has 0 aromatic heterocycles. The summed E-state index contributed by atoms with van der Waals surface area (Å²) in [5.74, 6) is -0.0980. The zero-order valence-electron chi connectivity index (χ0n) is 16.0. The summed E-state index contributed by atoms with van der Waals surface area (Å²) in [4.78, 5) is 12.4. The second-order valence-electron chi connectivity index (χ2n) is 6.00. The Kier molecular flexibility index (Phi) is 8.04. The van der Waals surface area contributed by atoms with Crippen molar-refractivity contribution in [2.24, 2.45) is 0 Å². The number of hydrogen-bond acceptors (Lipinski definition) is 4. The number of carbonyl (C=O) groups excluding carboxylic acids is 1. The molecule has 2 rings (SSSR count). The lowest BCUT2D eigenvalue weighted by atomic mass is 10.1. The molecule has 0 aliphatic carbocycles. The Hall–Kier alpha value is -3.33. The molecule has 28 heavy (non-hydrogen) atoms. The number of benzene rings is 2. The van der Waals surface area contributed by atoms with Crippen LogP contribution in [0.2, 0.25) is 0 Å². The summed E-state index contributed by atoms with van der Waals surface area (Å²) in [6, 6.07) is 12.9. The summed E-state index contributed by atoms with van der Waals surface area (Å²) in [5, 5.41) is 11.8. The molecule has 0 spiro atoms. The monoisotopic (exact) mass is 382 g/mol. The average Bonchev–Trinajstić information content (AvgIpc) is 2.71. The van der Waals surface area contributed by atoms with E-state index in [1.54, 1.807) is 24.3 Å². The molecule has 0 saturated carbocycles. The maximum Gasteiger partial charge on any atom is 0.266 e. The van der Waals surface area contributed by atoms with Gasteiger partial charge in [0.25, 0.3) is 5.91 Å². The molecule has 1 N–H and O–H groups in total. The van der Waals surface area contributed by atoms with Crippen LogP contribution in [0.3, 0.4) is 0 Å². The number of nitrogens with one attached hydrogen (secondary N) is 1. The minimum Gasteiger partial charge on any atom is -0.493 e. The topological polar surface area (TPSA) is 71.3 Å². The van der Waals surface area contributed by atoms with E-state index in [0.717, 1.165) is 12.8 Å². The van der Waals surface area contributed by atoms with Crippen LogP contribution in [0.25, 0.3) is 6.08 Å². The van der Waals surface area contributed by atoms with E-state index in [9.17, 15) is 14.4 Å². The third-order valence-corrected chi connectivity index (χ3v) is 3.71. The number of amides is 1. The van der Waals surface area contributed by atoms with Crippen molar-refractivity contribution >= 4 is 17.7 Å². The number of para-hydroxylation sites is 1. The number of hydrogen-bond donors (Lipinski definition) is 1. The first-order valence-electron chi connectivity index (χ1n) is 9.16. The first-order valence-corrected chi connectivity index (χ1v) is 9.16. The molecule has 0 atom stereocenters. The van der Waals surface area contributed by atoms with Crippen LogP contribution >= 0.6 is 0 Å². The maximum atomic E-state index is 13.7. The number of nitrogens with zero attached hydrogens (tertiary/aromatic N) is 1. The van der Waals surface area contributed by atoms with Crippen molar-refractivity contribution in [2.75, 3.05) is 18.5 Å². The van der Waals surface area contributed by atoms with E-state index in [2.05, 4.69) is 5.32 Å². The standard InChI is InChI=1S/C22H23FN2O3/c1-3-11-27-18-10-9-16(21(14-18)28-12-4-2)13-17(15-24)22(26)25-20-8-6-5-7-19(20)23/h5-10,13-14H,3-4,11-12H2,1-2H3,(H,25,26)/b17-13+. The van der Waals surface area contributed by atoms with Crippen molar-refractivity contribution in [1.29, 1.82) is 5.26 Å². The van der Waals surface area contributed by atoms with Crippen LogP contribution in [0.4, 0.5) is 10.1 Å². The van der Waals surface area contributed by atoms with Crippen molar-refractivity contribution in [3.8, 4) is 17.6 Å². The van der Waals surface area contributed by atoms with Crippen LogP contribution in [-0.4, -0.2) is 19.1 Å². The number of anilines is 1. The second kappa shape index (κ2) is 10.7. The first-order chi connectivity index (χ1) is 13.6. The lowest BCUT2D eigenvalue weighted by Gasteiger charge is -2.12. The van der Waals surface area contributed by atoms with E-state index in [1.807, 2.05) is 19.9 Å². The number of carbonyl (C=O) groups is 1. The average molecular weight is 382 g/mol. The highest BCUT2D eigenvalue weighted by molar-refractivity contribution is 6.09. The second-order valence-corrected chi connectivity index (χ2v) is 6.00. The molecule has 6 heteroatoms. The fraction of sp³-hybridized carbons (Fsp3) is 0.273. The summed E-state index contributed by atoms with van der Waals surface area (Å²) in [7, 11) is 0. The smallest absolute Gasteiger partial charge is 0.266 e. The van der Waals surface area contributed by atoms with E-state index >= 15 is 0 Å². The molecule has 0 heterocycles. The fourth-order valence-corrected chi connectivity index (χ4v) is 2.34. The minimum atomic E-state index is -0.694. The Balaban J connectivity index is 2.29. The molecule has 2 aromatic carbocycles. The van der Waals surface area contributed by atoms with E-state index < -0.39 is 11.7 Å². The van der Waals surface area contributed by atoms with Gasteiger partial charge in [-0.2, -0.15) is 5.26 Å². The normalized spacial score (nSPS) is 10.9. The number of rotatable bonds is 9. The fourth-order valence-electron chi connectivity index (χ4n) is 2.34. The van der Waals surface area contributed by atoms with Crippen molar-refractivity contribution in [3.63, 3.8) is 0 Å². The Bertz CT molecular complexity index is 888. The summed E-state index contributed by atoms with van der Waals surface area (Å²) >= 11 is 0. The van der Waals surface area contributed by atoms with E-state index in [1.165, 1.54) is 24.3 Å². The molecule has 1 amide bonds. The third kappa shape index (κ3) is 5.85. The Morgan fingerprint density at radius 1 is 1.14 bits per heavy atom. The van der Waals surface area contributed by atoms with Gasteiger partial charge < -0.3 is 14.8 Å². The summed E-state index contributed by atoms with van der Waals surface area (Å²) < 4.78 is 25.1. The molecule has 0 unspecified atom stereocenters. The largest absolute Gasteiger partial charge is 0.493 e. The molecule has 0 aliphatic heterocycles. The lowest BCUT2D eigenvalue weighted by molar-refractivity contribution is -0.112. The predicted octanol–water partition coefficient (Wildman–Crippen LogP) is 4.95. The van der Waals surface area contributed by atoms with E-state index in [-0.39, 0.29) is 11.3 Å². The number of nitriles is 1. The molecule has 0 fully saturated rings. The zero-order valence-corrected chi connectivity index (χ0v) is 16.0. The first kappa shape index (κ1) is 21.0. The Labute approximate surface area is 164 Å². The summed E-state index contributed by atoms with van der Waals surface area (Å²) in [5.41, 5.74) is 0.420. The molecule has 0 bridgehead atoms. The SMILES string of the molecule is CCCOc1ccc(/C=C(\C#N)C(=O)Nc2ccccc2F)c(OCCC)c1. The molecule has 146 valence electrons. The van der Waals surface area contributed by atoms with Gasteiger partial charge in [0, 0.05) is 11.6 Å². The van der Waals surface area contributed by atoms with Crippen LogP contribution in [0.15, 0.2) is 48.0 Å². The molecule has 0 radical (unpaired) electrons. The van der Waals surface area contributed by atoms with Gasteiger partial charge in [-0.15, -0.1) is 0 Å². The van der Waals surface area contributed by atoms with Crippen LogP contribution in [-0.2, 0) is 4.79 Å². The highest BCUT2D eigenvalue weighted by Crippen LogP contribution is 2.28. The van der Waals surface area contributed by atoms with Crippen LogP contribution in [0, 0.1) is 17.1 Å². The van der Waals surface area contributed by atoms with Gasteiger partial charge in [0.1, 0.15) is 29.0 Å². The van der Waals surface area contributed by atoms with Gasteiger partial charge in [-0.3, -0.25) is 4.79 Å². The van der Waals surface area contributed by atoms with Crippen molar-refractivity contribution in [3.05, 3.63) is 59.4 Å². The lowest BCUT2D eigenvalue weighted by Crippen LogP contribution is -2.14. The Morgan fingerprint density at radius 2 is 1.86 bits per heavy atom. The van der Waals surface area contributed by atoms with Crippen molar-refractivity contribution < 1.29 is 18.7 Å². The zero-order chi connectivity index (χ0) is 20.4. The molecule has 2 aromatic rings. The molecule has 5 nitrogen and oxygen atoms in total. The highest BCUT2D eigenvalue weighted by atomic mass is 19.1. The van der Waals surface area contributed by atoms with Crippen LogP contribution in [0.5, 0.6) is 11.5 Å². The minimum absolute atomic E-state index is 0.0134. The molecular formula is C22H23FN2O3. The molecule has 0 saturated heterocycles. The molecular weight excluding hydrogens is 359 g/mol. The molecule has 0 aliphatic rings.